The Balaban J connectivity index is 1.53. The molecule has 31 heavy (non-hydrogen) atoms. The van der Waals surface area contributed by atoms with Gasteiger partial charge in [-0.15, -0.1) is 0 Å². The quantitative estimate of drug-likeness (QED) is 0.606. The summed E-state index contributed by atoms with van der Waals surface area (Å²) in [5.41, 5.74) is 3.62. The second-order valence-corrected chi connectivity index (χ2v) is 7.94. The molecule has 0 spiro atoms. The Hall–Kier alpha value is -3.06. The highest BCUT2D eigenvalue weighted by atomic mass is 16.5. The Morgan fingerprint density at radius 1 is 0.968 bits per heavy atom. The van der Waals surface area contributed by atoms with Crippen molar-refractivity contribution in [3.8, 4) is 11.5 Å². The van der Waals surface area contributed by atoms with Crippen LogP contribution in [0.1, 0.15) is 30.4 Å². The summed E-state index contributed by atoms with van der Waals surface area (Å²) < 4.78 is 10.5. The first-order chi connectivity index (χ1) is 14.9. The molecule has 2 amide bonds. The third-order valence-corrected chi connectivity index (χ3v) is 5.37. The molecule has 2 aromatic carbocycles. The second-order valence-electron chi connectivity index (χ2n) is 7.94. The van der Waals surface area contributed by atoms with E-state index in [9.17, 15) is 9.59 Å². The van der Waals surface area contributed by atoms with Gasteiger partial charge in [-0.05, 0) is 56.0 Å². The standard InChI is InChI=1S/C24H31N3O4/c1-16-5-6-17(2)20(13-16)26-24(29)15-27(19-8-9-19)12-11-23(28)25-18-7-10-21(30-3)22(14-18)31-4/h5-7,10,13-14,19H,8-9,11-12,15H2,1-4H3,(H,25,28)(H,26,29). The highest BCUT2D eigenvalue weighted by molar-refractivity contribution is 5.93. The molecular weight excluding hydrogens is 394 g/mol. The van der Waals surface area contributed by atoms with E-state index in [-0.39, 0.29) is 18.4 Å². The molecule has 1 aliphatic rings. The largest absolute Gasteiger partial charge is 0.493 e. The highest BCUT2D eigenvalue weighted by Gasteiger charge is 2.30. The van der Waals surface area contributed by atoms with Gasteiger partial charge in [0.15, 0.2) is 11.5 Å². The molecule has 3 rings (SSSR count). The van der Waals surface area contributed by atoms with E-state index in [1.54, 1.807) is 32.4 Å². The number of ether oxygens (including phenoxy) is 2. The zero-order chi connectivity index (χ0) is 22.4. The van der Waals surface area contributed by atoms with Crippen LogP contribution in [0.25, 0.3) is 0 Å². The molecule has 7 nitrogen and oxygen atoms in total. The predicted octanol–water partition coefficient (Wildman–Crippen LogP) is 3.75. The molecule has 1 fully saturated rings. The van der Waals surface area contributed by atoms with E-state index in [2.05, 4.69) is 15.5 Å². The first-order valence-electron chi connectivity index (χ1n) is 10.5. The Labute approximate surface area is 183 Å². The SMILES string of the molecule is COc1ccc(NC(=O)CCN(CC(=O)Nc2cc(C)ccc2C)C2CC2)cc1OC. The maximum Gasteiger partial charge on any atom is 0.238 e. The van der Waals surface area contributed by atoms with Gasteiger partial charge in [0.2, 0.25) is 11.8 Å². The molecule has 0 radical (unpaired) electrons. The fraction of sp³-hybridized carbons (Fsp3) is 0.417. The number of carbonyl (C=O) groups is 2. The van der Waals surface area contributed by atoms with Gasteiger partial charge in [-0.3, -0.25) is 14.5 Å². The second kappa shape index (κ2) is 10.3. The van der Waals surface area contributed by atoms with Crippen LogP contribution in [-0.2, 0) is 9.59 Å². The number of benzene rings is 2. The number of methoxy groups -OCH3 is 2. The van der Waals surface area contributed by atoms with E-state index in [1.807, 2.05) is 32.0 Å². The van der Waals surface area contributed by atoms with Gasteiger partial charge >= 0.3 is 0 Å². The van der Waals surface area contributed by atoms with Crippen LogP contribution in [0.15, 0.2) is 36.4 Å². The molecule has 0 unspecified atom stereocenters. The summed E-state index contributed by atoms with van der Waals surface area (Å²) in [5, 5.41) is 5.90. The number of anilines is 2. The number of nitrogens with zero attached hydrogens (tertiary/aromatic N) is 1. The number of hydrogen-bond acceptors (Lipinski definition) is 5. The lowest BCUT2D eigenvalue weighted by molar-refractivity contribution is -0.119. The number of rotatable bonds is 10. The number of aryl methyl sites for hydroxylation is 2. The summed E-state index contributed by atoms with van der Waals surface area (Å²) in [4.78, 5) is 27.2. The Bertz CT molecular complexity index is 940. The van der Waals surface area contributed by atoms with Gasteiger partial charge in [0.05, 0.1) is 20.8 Å². The maximum absolute atomic E-state index is 12.6. The smallest absolute Gasteiger partial charge is 0.238 e. The number of hydrogen-bond donors (Lipinski definition) is 2. The molecule has 166 valence electrons. The van der Waals surface area contributed by atoms with E-state index in [0.717, 1.165) is 29.7 Å². The molecule has 2 N–H and O–H groups in total. The maximum atomic E-state index is 12.6. The van der Waals surface area contributed by atoms with Gasteiger partial charge in [0, 0.05) is 36.4 Å². The van der Waals surface area contributed by atoms with Crippen LogP contribution in [0, 0.1) is 13.8 Å². The van der Waals surface area contributed by atoms with Gasteiger partial charge in [0.25, 0.3) is 0 Å². The molecule has 0 heterocycles. The summed E-state index contributed by atoms with van der Waals surface area (Å²) in [7, 11) is 3.12. The van der Waals surface area contributed by atoms with Crippen molar-refractivity contribution in [3.63, 3.8) is 0 Å². The number of nitrogens with one attached hydrogen (secondary N) is 2. The third kappa shape index (κ3) is 6.46. The fourth-order valence-corrected chi connectivity index (χ4v) is 3.46. The van der Waals surface area contributed by atoms with Gasteiger partial charge in [-0.2, -0.15) is 0 Å². The topological polar surface area (TPSA) is 79.9 Å². The van der Waals surface area contributed by atoms with Crippen LogP contribution in [-0.4, -0.2) is 50.1 Å². The minimum atomic E-state index is -0.104. The monoisotopic (exact) mass is 425 g/mol. The van der Waals surface area contributed by atoms with Crippen molar-refractivity contribution in [2.24, 2.45) is 0 Å². The average Bonchev–Trinajstić information content (AvgIpc) is 3.59. The molecule has 0 aliphatic heterocycles. The molecule has 1 saturated carbocycles. The van der Waals surface area contributed by atoms with Crippen molar-refractivity contribution < 1.29 is 19.1 Å². The molecule has 0 aromatic heterocycles. The lowest BCUT2D eigenvalue weighted by atomic mass is 10.1. The summed E-state index contributed by atoms with van der Waals surface area (Å²) in [6, 6.07) is 11.6. The van der Waals surface area contributed by atoms with E-state index in [0.29, 0.717) is 36.2 Å². The molecule has 7 heteroatoms. The Kier molecular flexibility index (Phi) is 7.52. The van der Waals surface area contributed by atoms with Crippen LogP contribution < -0.4 is 20.1 Å². The number of amides is 2. The van der Waals surface area contributed by atoms with Crippen molar-refractivity contribution in [2.75, 3.05) is 37.9 Å². The summed E-state index contributed by atoms with van der Waals surface area (Å²) in [6.07, 6.45) is 2.43. The van der Waals surface area contributed by atoms with Crippen molar-refractivity contribution >= 4 is 23.2 Å². The molecule has 2 aromatic rings. The van der Waals surface area contributed by atoms with E-state index >= 15 is 0 Å². The van der Waals surface area contributed by atoms with Gasteiger partial charge < -0.3 is 20.1 Å². The summed E-state index contributed by atoms with van der Waals surface area (Å²) in [5.74, 6) is 1.01. The van der Waals surface area contributed by atoms with E-state index in [4.69, 9.17) is 9.47 Å². The van der Waals surface area contributed by atoms with Crippen molar-refractivity contribution in [3.05, 3.63) is 47.5 Å². The summed E-state index contributed by atoms with van der Waals surface area (Å²) >= 11 is 0. The van der Waals surface area contributed by atoms with Gasteiger partial charge in [-0.25, -0.2) is 0 Å². The van der Waals surface area contributed by atoms with Crippen molar-refractivity contribution in [2.45, 2.75) is 39.2 Å². The normalized spacial score (nSPS) is 13.1. The van der Waals surface area contributed by atoms with Crippen LogP contribution in [0.5, 0.6) is 11.5 Å². The Morgan fingerprint density at radius 2 is 1.71 bits per heavy atom. The lowest BCUT2D eigenvalue weighted by Gasteiger charge is -2.21. The Morgan fingerprint density at radius 3 is 2.39 bits per heavy atom. The van der Waals surface area contributed by atoms with Crippen molar-refractivity contribution in [1.29, 1.82) is 0 Å². The third-order valence-electron chi connectivity index (χ3n) is 5.37. The molecule has 0 bridgehead atoms. The zero-order valence-corrected chi connectivity index (χ0v) is 18.7. The average molecular weight is 426 g/mol. The summed E-state index contributed by atoms with van der Waals surface area (Å²) in [6.45, 7) is 4.79. The first kappa shape index (κ1) is 22.6. The molecule has 0 atom stereocenters. The molecule has 1 aliphatic carbocycles. The minimum absolute atomic E-state index is 0.0547. The van der Waals surface area contributed by atoms with Crippen LogP contribution >= 0.6 is 0 Å². The minimum Gasteiger partial charge on any atom is -0.493 e. The lowest BCUT2D eigenvalue weighted by Crippen LogP contribution is -2.37. The highest BCUT2D eigenvalue weighted by Crippen LogP contribution is 2.30. The molecular formula is C24H31N3O4. The van der Waals surface area contributed by atoms with E-state index < -0.39 is 0 Å². The van der Waals surface area contributed by atoms with E-state index in [1.165, 1.54) is 0 Å². The van der Waals surface area contributed by atoms with Crippen molar-refractivity contribution in [1.82, 2.24) is 4.90 Å². The number of carbonyl (C=O) groups excluding carboxylic acids is 2. The van der Waals surface area contributed by atoms with Crippen LogP contribution in [0.3, 0.4) is 0 Å². The first-order valence-corrected chi connectivity index (χ1v) is 10.5. The van der Waals surface area contributed by atoms with Crippen LogP contribution in [0.4, 0.5) is 11.4 Å². The van der Waals surface area contributed by atoms with Crippen LogP contribution in [0.2, 0.25) is 0 Å². The van der Waals surface area contributed by atoms with Gasteiger partial charge in [0.1, 0.15) is 0 Å². The zero-order valence-electron chi connectivity index (χ0n) is 18.7. The predicted molar refractivity (Wildman–Crippen MR) is 122 cm³/mol. The fourth-order valence-electron chi connectivity index (χ4n) is 3.46. The molecule has 0 saturated heterocycles. The van der Waals surface area contributed by atoms with Gasteiger partial charge in [-0.1, -0.05) is 12.1 Å².